The molecule has 3 rings (SSSR count). The average Bonchev–Trinajstić information content (AvgIpc) is 3.17. The van der Waals surface area contributed by atoms with Crippen molar-refractivity contribution in [1.82, 2.24) is 14.4 Å². The van der Waals surface area contributed by atoms with Gasteiger partial charge in [0.15, 0.2) is 0 Å². The number of hydrogen-bond donors (Lipinski definition) is 0. The molecule has 1 saturated heterocycles. The van der Waals surface area contributed by atoms with Gasteiger partial charge in [-0.15, -0.1) is 0 Å². The number of amides is 2. The van der Waals surface area contributed by atoms with Crippen LogP contribution in [0.4, 0.5) is 0 Å². The number of carbonyl (C=O) groups is 2. The summed E-state index contributed by atoms with van der Waals surface area (Å²) in [4.78, 5) is 34.3. The largest absolute Gasteiger partial charge is 0.382 e. The molecule has 0 aliphatic carbocycles. The maximum absolute atomic E-state index is 12.7. The van der Waals surface area contributed by atoms with E-state index in [9.17, 15) is 9.59 Å². The number of aromatic nitrogens is 1. The summed E-state index contributed by atoms with van der Waals surface area (Å²) < 4.78 is 1.83. The number of hydrogen-bond acceptors (Lipinski definition) is 4. The third-order valence-electron chi connectivity index (χ3n) is 4.89. The molecule has 136 valence electrons. The second kappa shape index (κ2) is 7.29. The molecule has 0 saturated carbocycles. The molecule has 1 fully saturated rings. The zero-order valence-electron chi connectivity index (χ0n) is 15.1. The van der Waals surface area contributed by atoms with E-state index in [1.54, 1.807) is 0 Å². The Morgan fingerprint density at radius 2 is 1.92 bits per heavy atom. The third kappa shape index (κ3) is 3.70. The second-order valence-electron chi connectivity index (χ2n) is 7.01. The van der Waals surface area contributed by atoms with Crippen molar-refractivity contribution in [3.8, 4) is 0 Å². The van der Waals surface area contributed by atoms with Crippen LogP contribution in [-0.2, 0) is 16.7 Å². The van der Waals surface area contributed by atoms with Gasteiger partial charge in [-0.05, 0) is 24.5 Å². The Morgan fingerprint density at radius 3 is 2.56 bits per heavy atom. The number of aryl methyl sites for hydroxylation is 1. The molecule has 0 N–H and O–H groups in total. The number of nitrogens with zero attached hydrogens (tertiary/aromatic N) is 4. The molecule has 0 bridgehead atoms. The zero-order valence-corrected chi connectivity index (χ0v) is 15.1. The van der Waals surface area contributed by atoms with Crippen molar-refractivity contribution >= 4 is 17.5 Å². The fraction of sp³-hybridized carbons (Fsp3) is 0.611. The van der Waals surface area contributed by atoms with Crippen LogP contribution < -0.4 is 0 Å². The van der Waals surface area contributed by atoms with Crippen molar-refractivity contribution in [3.63, 3.8) is 0 Å². The fourth-order valence-electron chi connectivity index (χ4n) is 3.26. The second-order valence-corrected chi connectivity index (χ2v) is 7.01. The third-order valence-corrected chi connectivity index (χ3v) is 4.89. The highest BCUT2D eigenvalue weighted by Gasteiger charge is 2.34. The van der Waals surface area contributed by atoms with Crippen LogP contribution in [0.2, 0.25) is 0 Å². The number of rotatable bonds is 3. The smallest absolute Gasteiger partial charge is 0.270 e. The summed E-state index contributed by atoms with van der Waals surface area (Å²) in [5, 5.41) is 4.04. The van der Waals surface area contributed by atoms with Crippen LogP contribution in [0, 0.1) is 5.92 Å². The van der Waals surface area contributed by atoms with E-state index < -0.39 is 6.10 Å². The van der Waals surface area contributed by atoms with Crippen molar-refractivity contribution in [2.24, 2.45) is 18.1 Å². The minimum absolute atomic E-state index is 0.0179. The van der Waals surface area contributed by atoms with Crippen molar-refractivity contribution in [2.45, 2.75) is 32.8 Å². The topological polar surface area (TPSA) is 67.1 Å². The van der Waals surface area contributed by atoms with Crippen LogP contribution >= 0.6 is 0 Å². The van der Waals surface area contributed by atoms with E-state index in [0.29, 0.717) is 44.2 Å². The van der Waals surface area contributed by atoms with Gasteiger partial charge in [0, 0.05) is 45.8 Å². The monoisotopic (exact) mass is 346 g/mol. The summed E-state index contributed by atoms with van der Waals surface area (Å²) in [5.74, 6) is 0.289. The molecule has 2 aliphatic heterocycles. The lowest BCUT2D eigenvalue weighted by molar-refractivity contribution is -0.141. The highest BCUT2D eigenvalue weighted by atomic mass is 16.6. The van der Waals surface area contributed by atoms with Crippen molar-refractivity contribution in [3.05, 3.63) is 24.0 Å². The van der Waals surface area contributed by atoms with Crippen LogP contribution in [0.3, 0.4) is 0 Å². The van der Waals surface area contributed by atoms with Crippen LogP contribution in [-0.4, -0.2) is 64.2 Å². The van der Waals surface area contributed by atoms with Gasteiger partial charge >= 0.3 is 0 Å². The van der Waals surface area contributed by atoms with Gasteiger partial charge in [-0.3, -0.25) is 9.59 Å². The van der Waals surface area contributed by atoms with E-state index in [2.05, 4.69) is 5.16 Å². The zero-order chi connectivity index (χ0) is 18.0. The Morgan fingerprint density at radius 1 is 1.20 bits per heavy atom. The first-order valence-electron chi connectivity index (χ1n) is 8.89. The lowest BCUT2D eigenvalue weighted by Gasteiger charge is -2.23. The molecule has 2 amide bonds. The van der Waals surface area contributed by atoms with Crippen LogP contribution in [0.15, 0.2) is 23.5 Å². The lowest BCUT2D eigenvalue weighted by atomic mass is 10.0. The predicted molar refractivity (Wildman–Crippen MR) is 94.3 cm³/mol. The maximum Gasteiger partial charge on any atom is 0.270 e. The molecule has 7 heteroatoms. The van der Waals surface area contributed by atoms with Crippen molar-refractivity contribution in [2.75, 3.05) is 26.2 Å². The van der Waals surface area contributed by atoms with E-state index in [4.69, 9.17) is 4.84 Å². The normalized spacial score (nSPS) is 21.1. The predicted octanol–water partition coefficient (Wildman–Crippen LogP) is 1.50. The first-order valence-corrected chi connectivity index (χ1v) is 8.89. The molecule has 7 nitrogen and oxygen atoms in total. The lowest BCUT2D eigenvalue weighted by Crippen LogP contribution is -2.42. The molecular formula is C18H26N4O3. The molecule has 0 aromatic carbocycles. The summed E-state index contributed by atoms with van der Waals surface area (Å²) in [6.07, 6.45) is 2.70. The van der Waals surface area contributed by atoms with Gasteiger partial charge in [0.1, 0.15) is 5.69 Å². The van der Waals surface area contributed by atoms with E-state index in [0.717, 1.165) is 12.1 Å². The fourth-order valence-corrected chi connectivity index (χ4v) is 3.26. The summed E-state index contributed by atoms with van der Waals surface area (Å²) in [6.45, 7) is 6.48. The molecule has 1 atom stereocenters. The Kier molecular flexibility index (Phi) is 5.11. The van der Waals surface area contributed by atoms with Gasteiger partial charge in [-0.25, -0.2) is 0 Å². The molecule has 25 heavy (non-hydrogen) atoms. The molecule has 0 spiro atoms. The number of carbonyl (C=O) groups excluding carboxylic acids is 2. The van der Waals surface area contributed by atoms with E-state index in [1.807, 2.05) is 53.6 Å². The molecule has 1 aromatic rings. The summed E-state index contributed by atoms with van der Waals surface area (Å²) in [5.41, 5.74) is 1.61. The van der Waals surface area contributed by atoms with Gasteiger partial charge in [0.05, 0.1) is 5.71 Å². The maximum atomic E-state index is 12.7. The Labute approximate surface area is 148 Å². The molecular weight excluding hydrogens is 320 g/mol. The highest BCUT2D eigenvalue weighted by Crippen LogP contribution is 2.19. The van der Waals surface area contributed by atoms with Gasteiger partial charge in [-0.1, -0.05) is 19.0 Å². The summed E-state index contributed by atoms with van der Waals surface area (Å²) in [7, 11) is 1.87. The van der Waals surface area contributed by atoms with E-state index in [-0.39, 0.29) is 11.8 Å². The van der Waals surface area contributed by atoms with Gasteiger partial charge in [-0.2, -0.15) is 0 Å². The molecule has 2 aliphatic rings. The molecule has 1 aromatic heterocycles. The van der Waals surface area contributed by atoms with Gasteiger partial charge in [0.2, 0.25) is 6.10 Å². The van der Waals surface area contributed by atoms with Crippen molar-refractivity contribution < 1.29 is 14.4 Å². The first-order chi connectivity index (χ1) is 12.0. The van der Waals surface area contributed by atoms with E-state index in [1.165, 1.54) is 0 Å². The Hall–Kier alpha value is -2.31. The summed E-state index contributed by atoms with van der Waals surface area (Å²) >= 11 is 0. The average molecular weight is 346 g/mol. The van der Waals surface area contributed by atoms with Gasteiger partial charge in [0.25, 0.3) is 11.8 Å². The van der Waals surface area contributed by atoms with Crippen LogP contribution in [0.5, 0.6) is 0 Å². The van der Waals surface area contributed by atoms with Crippen LogP contribution in [0.1, 0.15) is 37.2 Å². The quantitative estimate of drug-likeness (QED) is 0.833. The summed E-state index contributed by atoms with van der Waals surface area (Å²) in [6, 6.07) is 3.69. The van der Waals surface area contributed by atoms with Gasteiger partial charge < -0.3 is 19.2 Å². The number of oxime groups is 1. The Bertz CT molecular complexity index is 680. The SMILES string of the molecule is CC(C)C1=NOC(C(=O)N2CCCN(C(=O)c3cccn3C)CC2)C1. The highest BCUT2D eigenvalue weighted by molar-refractivity contribution is 5.94. The van der Waals surface area contributed by atoms with Crippen LogP contribution in [0.25, 0.3) is 0 Å². The first kappa shape index (κ1) is 17.5. The minimum Gasteiger partial charge on any atom is -0.382 e. The molecule has 3 heterocycles. The molecule has 0 radical (unpaired) electrons. The minimum atomic E-state index is -0.507. The van der Waals surface area contributed by atoms with Crippen molar-refractivity contribution in [1.29, 1.82) is 0 Å². The van der Waals surface area contributed by atoms with E-state index >= 15 is 0 Å². The Balaban J connectivity index is 1.58. The standard InChI is InChI=1S/C18H26N4O3/c1-13(2)14-12-16(25-19-14)18(24)22-9-5-8-21(10-11-22)17(23)15-6-4-7-20(15)3/h4,6-7,13,16H,5,8-12H2,1-3H3. The molecule has 1 unspecified atom stereocenters.